The Bertz CT molecular complexity index is 1260. The second kappa shape index (κ2) is 10.5. The molecule has 1 heterocycles. The third kappa shape index (κ3) is 5.88. The number of hydrogen-bond donors (Lipinski definition) is 1. The van der Waals surface area contributed by atoms with Crippen molar-refractivity contribution in [1.29, 1.82) is 0 Å². The highest BCUT2D eigenvalue weighted by atomic mass is 35.5. The molecule has 4 aromatic rings. The molecule has 0 aliphatic heterocycles. The highest BCUT2D eigenvalue weighted by molar-refractivity contribution is 7.99. The van der Waals surface area contributed by atoms with Crippen LogP contribution in [0.3, 0.4) is 0 Å². The molecular formula is C25H21ClN4O2S. The predicted molar refractivity (Wildman–Crippen MR) is 132 cm³/mol. The lowest BCUT2D eigenvalue weighted by Gasteiger charge is -2.11. The number of aromatic nitrogens is 3. The lowest BCUT2D eigenvalue weighted by atomic mass is 10.1. The molecule has 4 rings (SSSR count). The third-order valence-corrected chi connectivity index (χ3v) is 6.08. The van der Waals surface area contributed by atoms with Gasteiger partial charge in [0, 0.05) is 28.8 Å². The number of ketones is 1. The predicted octanol–water partition coefficient (Wildman–Crippen LogP) is 5.58. The molecule has 0 aliphatic carbocycles. The Kier molecular flexibility index (Phi) is 7.22. The summed E-state index contributed by atoms with van der Waals surface area (Å²) in [5, 5.41) is 12.8. The molecule has 0 radical (unpaired) electrons. The van der Waals surface area contributed by atoms with Crippen molar-refractivity contribution in [2.45, 2.75) is 18.6 Å². The molecule has 0 saturated carbocycles. The van der Waals surface area contributed by atoms with Crippen molar-refractivity contribution in [3.63, 3.8) is 0 Å². The van der Waals surface area contributed by atoms with Gasteiger partial charge in [0.25, 0.3) is 0 Å². The molecule has 1 N–H and O–H groups in total. The summed E-state index contributed by atoms with van der Waals surface area (Å²) in [7, 11) is 0. The molecule has 6 nitrogen and oxygen atoms in total. The molecule has 166 valence electrons. The van der Waals surface area contributed by atoms with Crippen molar-refractivity contribution in [1.82, 2.24) is 14.8 Å². The number of anilines is 1. The normalized spacial score (nSPS) is 10.7. The fourth-order valence-electron chi connectivity index (χ4n) is 3.27. The van der Waals surface area contributed by atoms with Gasteiger partial charge in [0.05, 0.1) is 12.3 Å². The number of amides is 1. The smallest absolute Gasteiger partial charge is 0.221 e. The zero-order chi connectivity index (χ0) is 23.2. The number of hydrogen-bond acceptors (Lipinski definition) is 5. The van der Waals surface area contributed by atoms with Crippen LogP contribution in [0.2, 0.25) is 5.02 Å². The lowest BCUT2D eigenvalue weighted by Crippen LogP contribution is -2.08. The maximum Gasteiger partial charge on any atom is 0.221 e. The van der Waals surface area contributed by atoms with E-state index in [2.05, 4.69) is 15.5 Å². The summed E-state index contributed by atoms with van der Waals surface area (Å²) < 4.78 is 2.01. The van der Waals surface area contributed by atoms with Crippen molar-refractivity contribution < 1.29 is 9.59 Å². The van der Waals surface area contributed by atoms with E-state index in [1.165, 1.54) is 18.7 Å². The minimum atomic E-state index is -0.154. The number of Topliss-reactive ketones (excluding diaryl/α,β-unsaturated/α-hetero) is 1. The number of carbonyl (C=O) groups excluding carboxylic acids is 2. The largest absolute Gasteiger partial charge is 0.326 e. The Hall–Kier alpha value is -3.42. The summed E-state index contributed by atoms with van der Waals surface area (Å²) in [5.41, 5.74) is 3.23. The first kappa shape index (κ1) is 22.8. The monoisotopic (exact) mass is 476 g/mol. The first-order valence-electron chi connectivity index (χ1n) is 10.3. The molecule has 1 amide bonds. The van der Waals surface area contributed by atoms with Crippen LogP contribution in [-0.2, 0) is 11.3 Å². The highest BCUT2D eigenvalue weighted by Gasteiger charge is 2.17. The average Bonchev–Trinajstić information content (AvgIpc) is 3.21. The van der Waals surface area contributed by atoms with Gasteiger partial charge in [-0.05, 0) is 54.1 Å². The van der Waals surface area contributed by atoms with E-state index in [1.807, 2.05) is 59.2 Å². The molecular weight excluding hydrogens is 456 g/mol. The van der Waals surface area contributed by atoms with Gasteiger partial charge in [-0.25, -0.2) is 0 Å². The maximum atomic E-state index is 12.8. The van der Waals surface area contributed by atoms with Crippen molar-refractivity contribution in [2.75, 3.05) is 11.1 Å². The van der Waals surface area contributed by atoms with Gasteiger partial charge in [0.1, 0.15) is 0 Å². The Balaban J connectivity index is 1.54. The summed E-state index contributed by atoms with van der Waals surface area (Å²) in [5.74, 6) is 0.744. The van der Waals surface area contributed by atoms with Gasteiger partial charge < -0.3 is 5.32 Å². The number of rotatable bonds is 8. The average molecular weight is 477 g/mol. The molecule has 0 fully saturated rings. The minimum Gasteiger partial charge on any atom is -0.326 e. The van der Waals surface area contributed by atoms with E-state index < -0.39 is 0 Å². The van der Waals surface area contributed by atoms with Crippen molar-refractivity contribution in [2.24, 2.45) is 0 Å². The van der Waals surface area contributed by atoms with Crippen LogP contribution in [-0.4, -0.2) is 32.2 Å². The molecule has 33 heavy (non-hydrogen) atoms. The summed E-state index contributed by atoms with van der Waals surface area (Å²) in [4.78, 5) is 23.9. The third-order valence-electron chi connectivity index (χ3n) is 4.86. The summed E-state index contributed by atoms with van der Waals surface area (Å²) in [6.07, 6.45) is 0. The van der Waals surface area contributed by atoms with E-state index in [1.54, 1.807) is 24.3 Å². The van der Waals surface area contributed by atoms with Crippen LogP contribution in [0.5, 0.6) is 0 Å². The van der Waals surface area contributed by atoms with Gasteiger partial charge >= 0.3 is 0 Å². The number of thioether (sulfide) groups is 1. The minimum absolute atomic E-state index is 0.0309. The molecule has 8 heteroatoms. The fraction of sp³-hybridized carbons (Fsp3) is 0.120. The van der Waals surface area contributed by atoms with Crippen LogP contribution in [0.15, 0.2) is 84.0 Å². The van der Waals surface area contributed by atoms with Gasteiger partial charge in [-0.1, -0.05) is 53.7 Å². The van der Waals surface area contributed by atoms with Gasteiger partial charge in [0.2, 0.25) is 5.91 Å². The molecule has 0 aliphatic rings. The van der Waals surface area contributed by atoms with E-state index in [4.69, 9.17) is 11.6 Å². The van der Waals surface area contributed by atoms with E-state index in [-0.39, 0.29) is 17.4 Å². The van der Waals surface area contributed by atoms with Gasteiger partial charge in [0.15, 0.2) is 16.8 Å². The topological polar surface area (TPSA) is 76.9 Å². The van der Waals surface area contributed by atoms with Gasteiger partial charge in [-0.15, -0.1) is 10.2 Å². The van der Waals surface area contributed by atoms with Crippen LogP contribution in [0.4, 0.5) is 5.69 Å². The molecule has 0 atom stereocenters. The molecule has 3 aromatic carbocycles. The summed E-state index contributed by atoms with van der Waals surface area (Å²) in [6, 6.07) is 24.3. The standard InChI is InChI=1S/C25H21ClN4O2S/c1-17(31)27-22-13-9-19(10-14-22)23(32)16-33-25-29-28-24(20-7-11-21(26)12-8-20)30(25)15-18-5-3-2-4-6-18/h2-14H,15-16H2,1H3,(H,27,31). The van der Waals surface area contributed by atoms with E-state index in [0.29, 0.717) is 33.8 Å². The Morgan fingerprint density at radius 1 is 0.939 bits per heavy atom. The van der Waals surface area contributed by atoms with Gasteiger partial charge in [-0.3, -0.25) is 14.2 Å². The number of halogens is 1. The maximum absolute atomic E-state index is 12.8. The Labute approximate surface area is 201 Å². The van der Waals surface area contributed by atoms with Crippen molar-refractivity contribution in [3.05, 3.63) is 95.0 Å². The zero-order valence-corrected chi connectivity index (χ0v) is 19.4. The van der Waals surface area contributed by atoms with Gasteiger partial charge in [-0.2, -0.15) is 0 Å². The molecule has 0 bridgehead atoms. The molecule has 0 saturated heterocycles. The van der Waals surface area contributed by atoms with Crippen LogP contribution in [0, 0.1) is 0 Å². The van der Waals surface area contributed by atoms with E-state index in [0.717, 1.165) is 11.1 Å². The van der Waals surface area contributed by atoms with Crippen molar-refractivity contribution >= 4 is 40.7 Å². The van der Waals surface area contributed by atoms with Crippen LogP contribution < -0.4 is 5.32 Å². The van der Waals surface area contributed by atoms with Crippen molar-refractivity contribution in [3.8, 4) is 11.4 Å². The number of nitrogens with one attached hydrogen (secondary N) is 1. The summed E-state index contributed by atoms with van der Waals surface area (Å²) >= 11 is 7.39. The highest BCUT2D eigenvalue weighted by Crippen LogP contribution is 2.27. The molecule has 0 unspecified atom stereocenters. The van der Waals surface area contributed by atoms with E-state index >= 15 is 0 Å². The summed E-state index contributed by atoms with van der Waals surface area (Å²) in [6.45, 7) is 2.02. The first-order chi connectivity index (χ1) is 16.0. The van der Waals surface area contributed by atoms with E-state index in [9.17, 15) is 9.59 Å². The number of carbonyl (C=O) groups is 2. The Morgan fingerprint density at radius 3 is 2.30 bits per heavy atom. The first-order valence-corrected chi connectivity index (χ1v) is 11.6. The van der Waals surface area contributed by atoms with Crippen LogP contribution in [0.1, 0.15) is 22.8 Å². The Morgan fingerprint density at radius 2 is 1.64 bits per heavy atom. The number of benzene rings is 3. The molecule has 0 spiro atoms. The van der Waals surface area contributed by atoms with Crippen LogP contribution >= 0.6 is 23.4 Å². The SMILES string of the molecule is CC(=O)Nc1ccc(C(=O)CSc2nnc(-c3ccc(Cl)cc3)n2Cc2ccccc2)cc1. The molecule has 1 aromatic heterocycles. The number of nitrogens with zero attached hydrogens (tertiary/aromatic N) is 3. The second-order valence-corrected chi connectivity index (χ2v) is 8.73. The second-order valence-electron chi connectivity index (χ2n) is 7.36. The van der Waals surface area contributed by atoms with Crippen LogP contribution in [0.25, 0.3) is 11.4 Å². The zero-order valence-electron chi connectivity index (χ0n) is 17.9. The lowest BCUT2D eigenvalue weighted by molar-refractivity contribution is -0.114. The fourth-order valence-corrected chi connectivity index (χ4v) is 4.23. The quantitative estimate of drug-likeness (QED) is 0.265.